The number of aliphatic hydroxyl groups is 3. The number of H-pyrrole nitrogens is 2. The fraction of sp³-hybridized carbons (Fsp3) is 0.500. The number of hydrogen-bond acceptors (Lipinski definition) is 7. The zero-order chi connectivity index (χ0) is 18.0. The number of nitrogens with one attached hydrogen (secondary N) is 2. The minimum absolute atomic E-state index is 0.0907. The van der Waals surface area contributed by atoms with Crippen molar-refractivity contribution in [3.8, 4) is 0 Å². The number of halogens is 2. The molecule has 14 heteroatoms. The molecule has 10 nitrogen and oxygen atoms in total. The first-order valence-corrected chi connectivity index (χ1v) is 12.8. The predicted octanol–water partition coefficient (Wildman–Crippen LogP) is -1.68. The molecule has 0 saturated carbocycles. The number of aromatic amines is 2. The van der Waals surface area contributed by atoms with Crippen LogP contribution in [-0.2, 0) is 21.2 Å². The van der Waals surface area contributed by atoms with Gasteiger partial charge in [0.05, 0.1) is 0 Å². The van der Waals surface area contributed by atoms with E-state index in [0.29, 0.717) is 4.32 Å². The van der Waals surface area contributed by atoms with Gasteiger partial charge in [-0.05, 0) is 0 Å². The number of nitrogens with zero attached hydrogens (tertiary/aromatic N) is 2. The third-order valence-corrected chi connectivity index (χ3v) is 4.00. The molecule has 2 aromatic rings. The number of fused-ring (bicyclic) bond motifs is 1. The Morgan fingerprint density at radius 2 is 2.00 bits per heavy atom. The third-order valence-electron chi connectivity index (χ3n) is 3.37. The van der Waals surface area contributed by atoms with E-state index in [4.69, 9.17) is 34.4 Å². The standard InChI is InChI=1S/C10H13N5O5Se.2ClH.Pt/c11-9-13-6-3(7(19)14-9)12-10(21)15(6)8-5(18)4(17)2(1-16)20-8;;;/h2,4-5,8,16-18H,1H2,(H,12,21)(H3,11,13,14,19);2*1H;/q;;;+2/p-2/t2-,4-,5-,8-;;;/m1.../s1. The van der Waals surface area contributed by atoms with Crippen LogP contribution in [0.5, 0.6) is 0 Å². The summed E-state index contributed by atoms with van der Waals surface area (Å²) in [5.41, 5.74) is 5.36. The average molecular weight is 628 g/mol. The molecule has 1 saturated heterocycles. The van der Waals surface area contributed by atoms with E-state index < -0.39 is 53.2 Å². The third kappa shape index (κ3) is 3.79. The molecular weight excluding hydrogens is 615 g/mol. The van der Waals surface area contributed by atoms with Crippen molar-refractivity contribution in [3.63, 3.8) is 0 Å². The molecule has 1 fully saturated rings. The summed E-state index contributed by atoms with van der Waals surface area (Å²) in [7, 11) is 9.75. The summed E-state index contributed by atoms with van der Waals surface area (Å²) < 4.78 is 7.17. The van der Waals surface area contributed by atoms with Crippen LogP contribution in [0.2, 0.25) is 0 Å². The molecule has 2 aromatic heterocycles. The maximum atomic E-state index is 11.8. The summed E-state index contributed by atoms with van der Waals surface area (Å²) >= 11 is 2.22. The van der Waals surface area contributed by atoms with Gasteiger partial charge in [0.1, 0.15) is 0 Å². The van der Waals surface area contributed by atoms with Crippen LogP contribution in [-0.4, -0.2) is 75.3 Å². The van der Waals surface area contributed by atoms with E-state index in [2.05, 4.69) is 30.5 Å². The molecule has 4 atom stereocenters. The molecule has 0 radical (unpaired) electrons. The van der Waals surface area contributed by atoms with E-state index in [1.165, 1.54) is 4.57 Å². The first kappa shape index (κ1) is 20.1. The Kier molecular flexibility index (Phi) is 7.07. The summed E-state index contributed by atoms with van der Waals surface area (Å²) in [6.45, 7) is -0.448. The average Bonchev–Trinajstić information content (AvgIpc) is 2.98. The van der Waals surface area contributed by atoms with Gasteiger partial charge in [0.15, 0.2) is 0 Å². The quantitative estimate of drug-likeness (QED) is 0.217. The van der Waals surface area contributed by atoms with Gasteiger partial charge in [0.25, 0.3) is 0 Å². The molecule has 0 amide bonds. The van der Waals surface area contributed by atoms with Gasteiger partial charge in [-0.1, -0.05) is 0 Å². The topological polar surface area (TPSA) is 162 Å². The minimum atomic E-state index is -1.29. The molecule has 0 unspecified atom stereocenters. The van der Waals surface area contributed by atoms with Crippen molar-refractivity contribution in [2.75, 3.05) is 12.3 Å². The molecule has 0 aromatic carbocycles. The van der Waals surface area contributed by atoms with Crippen molar-refractivity contribution < 1.29 is 36.5 Å². The molecule has 3 rings (SSSR count). The van der Waals surface area contributed by atoms with Crippen LogP contribution in [0.3, 0.4) is 0 Å². The zero-order valence-electron chi connectivity index (χ0n) is 11.6. The van der Waals surface area contributed by atoms with Crippen LogP contribution in [0.25, 0.3) is 11.2 Å². The summed E-state index contributed by atoms with van der Waals surface area (Å²) in [5.74, 6) is -0.0907. The summed E-state index contributed by atoms with van der Waals surface area (Å²) in [6.07, 6.45) is -4.49. The molecule has 3 heterocycles. The van der Waals surface area contributed by atoms with Crippen LogP contribution in [0, 0.1) is 4.32 Å². The molecule has 24 heavy (non-hydrogen) atoms. The second kappa shape index (κ2) is 8.44. The Hall–Kier alpha value is -0.222. The number of hydrogen-bond donors (Lipinski definition) is 6. The van der Waals surface area contributed by atoms with Crippen molar-refractivity contribution in [1.82, 2.24) is 19.5 Å². The predicted molar refractivity (Wildman–Crippen MR) is 82.8 cm³/mol. The molecule has 0 spiro atoms. The number of aliphatic hydroxyl groups excluding tert-OH is 3. The van der Waals surface area contributed by atoms with Crippen molar-refractivity contribution in [2.45, 2.75) is 24.5 Å². The summed E-state index contributed by atoms with van der Waals surface area (Å²) in [6, 6.07) is 0. The van der Waals surface area contributed by atoms with Gasteiger partial charge < -0.3 is 0 Å². The number of imidazole rings is 1. The van der Waals surface area contributed by atoms with Gasteiger partial charge in [-0.2, -0.15) is 0 Å². The van der Waals surface area contributed by atoms with E-state index in [9.17, 15) is 15.0 Å². The van der Waals surface area contributed by atoms with Crippen molar-refractivity contribution >= 4 is 51.5 Å². The van der Waals surface area contributed by atoms with E-state index in [1.54, 1.807) is 0 Å². The molecule has 1 aliphatic heterocycles. The first-order valence-electron chi connectivity index (χ1n) is 6.30. The number of ether oxygens (including phenoxy) is 1. The van der Waals surface area contributed by atoms with Crippen LogP contribution >= 0.6 is 18.8 Å². The normalized spacial score (nSPS) is 26.5. The monoisotopic (exact) mass is 628 g/mol. The van der Waals surface area contributed by atoms with E-state index in [-0.39, 0.29) is 17.1 Å². The molecule has 7 N–H and O–H groups in total. The van der Waals surface area contributed by atoms with Crippen LogP contribution in [0.4, 0.5) is 5.95 Å². The van der Waals surface area contributed by atoms with Crippen molar-refractivity contribution in [3.05, 3.63) is 14.7 Å². The Labute approximate surface area is 158 Å². The first-order chi connectivity index (χ1) is 11.3. The van der Waals surface area contributed by atoms with Crippen LogP contribution in [0.1, 0.15) is 6.23 Å². The fourth-order valence-electron chi connectivity index (χ4n) is 2.36. The van der Waals surface area contributed by atoms with E-state index >= 15 is 0 Å². The van der Waals surface area contributed by atoms with Crippen LogP contribution < -0.4 is 11.3 Å². The number of nitrogens with two attached hydrogens (primary N) is 1. The zero-order valence-corrected chi connectivity index (χ0v) is 17.1. The molecule has 0 bridgehead atoms. The Bertz CT molecular complexity index is 828. The van der Waals surface area contributed by atoms with Gasteiger partial charge in [-0.15, -0.1) is 0 Å². The van der Waals surface area contributed by atoms with E-state index in [1.807, 2.05) is 0 Å². The number of anilines is 1. The van der Waals surface area contributed by atoms with Gasteiger partial charge in [0.2, 0.25) is 0 Å². The van der Waals surface area contributed by atoms with Crippen molar-refractivity contribution in [2.24, 2.45) is 0 Å². The Morgan fingerprint density at radius 1 is 1.38 bits per heavy atom. The van der Waals surface area contributed by atoms with Gasteiger partial charge in [-0.3, -0.25) is 0 Å². The maximum absolute atomic E-state index is 11.8. The molecule has 1 aliphatic rings. The Morgan fingerprint density at radius 3 is 2.54 bits per heavy atom. The second-order valence-electron chi connectivity index (χ2n) is 4.72. The van der Waals surface area contributed by atoms with Gasteiger partial charge in [0, 0.05) is 0 Å². The number of nitrogen functional groups attached to an aromatic ring is 1. The molecular formula is C10H13Cl2N5O5PtSe. The SMILES string of the molecule is Nc1nc2c([nH]c(=[Se])n2[C@@H]2O[C@H](CO)[C@@H](O)[C@H]2O)c(=O)[nH]1.[Cl][Pt][Cl]. The van der Waals surface area contributed by atoms with Crippen LogP contribution in [0.15, 0.2) is 4.79 Å². The van der Waals surface area contributed by atoms with Gasteiger partial charge >= 0.3 is 159 Å². The van der Waals surface area contributed by atoms with Gasteiger partial charge in [-0.25, -0.2) is 0 Å². The Balaban J connectivity index is 0.000000647. The number of rotatable bonds is 2. The van der Waals surface area contributed by atoms with Crippen molar-refractivity contribution in [1.29, 1.82) is 0 Å². The fourth-order valence-corrected chi connectivity index (χ4v) is 2.97. The second-order valence-corrected chi connectivity index (χ2v) is 8.82. The van der Waals surface area contributed by atoms with E-state index in [0.717, 1.165) is 0 Å². The molecule has 0 aliphatic carbocycles. The number of aromatic nitrogens is 4. The molecule has 138 valence electrons. The summed E-state index contributed by atoms with van der Waals surface area (Å²) in [4.78, 5) is 21.0. The summed E-state index contributed by atoms with van der Waals surface area (Å²) in [5, 5.41) is 29.0.